The molecular formula is C20H15N3O3S. The number of nitrogens with zero attached hydrogens (tertiary/aromatic N) is 2. The molecule has 4 rings (SSSR count). The number of anilines is 1. The van der Waals surface area contributed by atoms with Crippen molar-refractivity contribution in [2.24, 2.45) is 0 Å². The largest absolute Gasteiger partial charge is 0.465 e. The van der Waals surface area contributed by atoms with Crippen LogP contribution in [0, 0.1) is 0 Å². The number of benzene rings is 1. The maximum atomic E-state index is 12.2. The standard InChI is InChI=1S/C20H15N3O3S/c24-18(10-9-15-6-3-11-25-15)21-16-7-2-1-5-14(16)13-19-22-20(23-26-19)17-8-4-12-27-17/h1-12H,13H2,(H,21,24)/b10-9+. The number of hydrogen-bond acceptors (Lipinski definition) is 6. The Morgan fingerprint density at radius 3 is 2.89 bits per heavy atom. The summed E-state index contributed by atoms with van der Waals surface area (Å²) < 4.78 is 10.5. The van der Waals surface area contributed by atoms with E-state index in [2.05, 4.69) is 15.5 Å². The fraction of sp³-hybridized carbons (Fsp3) is 0.0500. The average molecular weight is 377 g/mol. The number of para-hydroxylation sites is 1. The first-order valence-electron chi connectivity index (χ1n) is 8.25. The van der Waals surface area contributed by atoms with Gasteiger partial charge in [0.25, 0.3) is 0 Å². The first-order valence-corrected chi connectivity index (χ1v) is 9.13. The van der Waals surface area contributed by atoms with E-state index < -0.39 is 0 Å². The Balaban J connectivity index is 1.47. The minimum absolute atomic E-state index is 0.247. The summed E-state index contributed by atoms with van der Waals surface area (Å²) in [5.74, 6) is 1.43. The van der Waals surface area contributed by atoms with Gasteiger partial charge in [0.2, 0.25) is 17.6 Å². The second kappa shape index (κ2) is 7.84. The van der Waals surface area contributed by atoms with Crippen molar-refractivity contribution in [3.05, 3.63) is 83.5 Å². The lowest BCUT2D eigenvalue weighted by atomic mass is 10.1. The molecule has 1 N–H and O–H groups in total. The Bertz CT molecular complexity index is 1050. The molecule has 0 aliphatic heterocycles. The van der Waals surface area contributed by atoms with E-state index in [-0.39, 0.29) is 5.91 Å². The lowest BCUT2D eigenvalue weighted by Gasteiger charge is -2.07. The van der Waals surface area contributed by atoms with Crippen LogP contribution >= 0.6 is 11.3 Å². The van der Waals surface area contributed by atoms with E-state index in [0.29, 0.717) is 29.6 Å². The van der Waals surface area contributed by atoms with Gasteiger partial charge in [0.15, 0.2) is 0 Å². The zero-order valence-corrected chi connectivity index (χ0v) is 15.0. The van der Waals surface area contributed by atoms with Crippen molar-refractivity contribution in [1.29, 1.82) is 0 Å². The van der Waals surface area contributed by atoms with Gasteiger partial charge in [-0.1, -0.05) is 29.4 Å². The fourth-order valence-corrected chi connectivity index (χ4v) is 3.16. The van der Waals surface area contributed by atoms with E-state index in [1.807, 2.05) is 41.8 Å². The van der Waals surface area contributed by atoms with Gasteiger partial charge in [-0.3, -0.25) is 4.79 Å². The van der Waals surface area contributed by atoms with Gasteiger partial charge in [0.05, 0.1) is 17.6 Å². The van der Waals surface area contributed by atoms with Gasteiger partial charge in [0.1, 0.15) is 5.76 Å². The van der Waals surface area contributed by atoms with Gasteiger partial charge in [0, 0.05) is 11.8 Å². The van der Waals surface area contributed by atoms with Crippen LogP contribution in [0.4, 0.5) is 5.69 Å². The van der Waals surface area contributed by atoms with E-state index in [1.165, 1.54) is 6.08 Å². The monoisotopic (exact) mass is 377 g/mol. The van der Waals surface area contributed by atoms with Crippen LogP contribution in [0.5, 0.6) is 0 Å². The third kappa shape index (κ3) is 4.21. The van der Waals surface area contributed by atoms with E-state index in [1.54, 1.807) is 35.8 Å². The average Bonchev–Trinajstić information content (AvgIpc) is 3.44. The van der Waals surface area contributed by atoms with E-state index in [0.717, 1.165) is 10.4 Å². The Hall–Kier alpha value is -3.45. The highest BCUT2D eigenvalue weighted by molar-refractivity contribution is 7.13. The fourth-order valence-electron chi connectivity index (χ4n) is 2.51. The maximum absolute atomic E-state index is 12.2. The van der Waals surface area contributed by atoms with Crippen molar-refractivity contribution in [3.8, 4) is 10.7 Å². The molecule has 1 amide bonds. The smallest absolute Gasteiger partial charge is 0.248 e. The number of aromatic nitrogens is 2. The van der Waals surface area contributed by atoms with Crippen molar-refractivity contribution >= 4 is 29.0 Å². The molecule has 0 aliphatic carbocycles. The Morgan fingerprint density at radius 1 is 1.15 bits per heavy atom. The van der Waals surface area contributed by atoms with Crippen LogP contribution in [0.2, 0.25) is 0 Å². The predicted octanol–water partition coefficient (Wildman–Crippen LogP) is 4.63. The molecule has 3 heterocycles. The predicted molar refractivity (Wildman–Crippen MR) is 103 cm³/mol. The lowest BCUT2D eigenvalue weighted by molar-refractivity contribution is -0.111. The molecule has 0 spiro atoms. The van der Waals surface area contributed by atoms with E-state index in [9.17, 15) is 4.79 Å². The lowest BCUT2D eigenvalue weighted by Crippen LogP contribution is -2.10. The molecular weight excluding hydrogens is 362 g/mol. The molecule has 0 radical (unpaired) electrons. The Labute approximate surface area is 159 Å². The molecule has 6 nitrogen and oxygen atoms in total. The number of carbonyl (C=O) groups excluding carboxylic acids is 1. The van der Waals surface area contributed by atoms with Crippen LogP contribution in [-0.4, -0.2) is 16.0 Å². The molecule has 134 valence electrons. The molecule has 0 fully saturated rings. The molecule has 4 aromatic rings. The summed E-state index contributed by atoms with van der Waals surface area (Å²) in [6.45, 7) is 0. The summed E-state index contributed by atoms with van der Waals surface area (Å²) in [6, 6.07) is 14.9. The molecule has 3 aromatic heterocycles. The van der Waals surface area contributed by atoms with Crippen LogP contribution in [0.3, 0.4) is 0 Å². The molecule has 1 aromatic carbocycles. The second-order valence-corrected chi connectivity index (χ2v) is 6.61. The van der Waals surface area contributed by atoms with Crippen LogP contribution in [0.15, 0.2) is 75.2 Å². The molecule has 0 atom stereocenters. The van der Waals surface area contributed by atoms with Gasteiger partial charge < -0.3 is 14.3 Å². The molecule has 0 bridgehead atoms. The number of rotatable bonds is 6. The Morgan fingerprint density at radius 2 is 2.07 bits per heavy atom. The molecule has 7 heteroatoms. The topological polar surface area (TPSA) is 81.2 Å². The van der Waals surface area contributed by atoms with Crippen LogP contribution in [0.25, 0.3) is 16.8 Å². The summed E-state index contributed by atoms with van der Waals surface area (Å²) >= 11 is 1.55. The van der Waals surface area contributed by atoms with Gasteiger partial charge in [-0.05, 0) is 41.3 Å². The van der Waals surface area contributed by atoms with E-state index >= 15 is 0 Å². The highest BCUT2D eigenvalue weighted by Gasteiger charge is 2.12. The zero-order valence-electron chi connectivity index (χ0n) is 14.2. The Kier molecular flexibility index (Phi) is 4.93. The first kappa shape index (κ1) is 17.0. The zero-order chi connectivity index (χ0) is 18.5. The minimum Gasteiger partial charge on any atom is -0.465 e. The van der Waals surface area contributed by atoms with Crippen LogP contribution < -0.4 is 5.32 Å². The maximum Gasteiger partial charge on any atom is 0.248 e. The van der Waals surface area contributed by atoms with Crippen molar-refractivity contribution in [2.45, 2.75) is 6.42 Å². The molecule has 0 saturated heterocycles. The second-order valence-electron chi connectivity index (χ2n) is 5.66. The van der Waals surface area contributed by atoms with Crippen molar-refractivity contribution in [2.75, 3.05) is 5.32 Å². The molecule has 27 heavy (non-hydrogen) atoms. The van der Waals surface area contributed by atoms with Gasteiger partial charge in [-0.25, -0.2) is 0 Å². The van der Waals surface area contributed by atoms with Gasteiger partial charge >= 0.3 is 0 Å². The summed E-state index contributed by atoms with van der Waals surface area (Å²) in [5.41, 5.74) is 1.58. The third-order valence-electron chi connectivity index (χ3n) is 3.77. The van der Waals surface area contributed by atoms with Crippen LogP contribution in [0.1, 0.15) is 17.2 Å². The third-order valence-corrected chi connectivity index (χ3v) is 4.63. The summed E-state index contributed by atoms with van der Waals surface area (Å²) in [6.07, 6.45) is 5.03. The summed E-state index contributed by atoms with van der Waals surface area (Å²) in [7, 11) is 0. The molecule has 0 aliphatic rings. The normalized spacial score (nSPS) is 11.1. The van der Waals surface area contributed by atoms with Gasteiger partial charge in [-0.2, -0.15) is 4.98 Å². The highest BCUT2D eigenvalue weighted by Crippen LogP contribution is 2.23. The van der Waals surface area contributed by atoms with Crippen molar-refractivity contribution in [3.63, 3.8) is 0 Å². The number of thiophene rings is 1. The molecule has 0 unspecified atom stereocenters. The number of carbonyl (C=O) groups is 1. The number of nitrogens with one attached hydrogen (secondary N) is 1. The SMILES string of the molecule is O=C(/C=C/c1ccco1)Nc1ccccc1Cc1nc(-c2cccs2)no1. The number of furan rings is 1. The summed E-state index contributed by atoms with van der Waals surface area (Å²) in [5, 5.41) is 8.86. The molecule has 0 saturated carbocycles. The highest BCUT2D eigenvalue weighted by atomic mass is 32.1. The summed E-state index contributed by atoms with van der Waals surface area (Å²) in [4.78, 5) is 17.6. The van der Waals surface area contributed by atoms with Crippen LogP contribution in [-0.2, 0) is 11.2 Å². The van der Waals surface area contributed by atoms with Crippen molar-refractivity contribution in [1.82, 2.24) is 10.1 Å². The first-order chi connectivity index (χ1) is 13.3. The number of hydrogen-bond donors (Lipinski definition) is 1. The van der Waals surface area contributed by atoms with Crippen molar-refractivity contribution < 1.29 is 13.7 Å². The van der Waals surface area contributed by atoms with E-state index in [4.69, 9.17) is 8.94 Å². The minimum atomic E-state index is -0.247. The van der Waals surface area contributed by atoms with Gasteiger partial charge in [-0.15, -0.1) is 11.3 Å². The number of amides is 1. The quantitative estimate of drug-likeness (QED) is 0.495.